The molecule has 0 atom stereocenters. The molecule has 0 N–H and O–H groups in total. The van der Waals surface area contributed by atoms with Crippen LogP contribution in [0.3, 0.4) is 0 Å². The van der Waals surface area contributed by atoms with Crippen molar-refractivity contribution < 1.29 is 0 Å². The van der Waals surface area contributed by atoms with Crippen LogP contribution in [0.1, 0.15) is 32.6 Å². The van der Waals surface area contributed by atoms with Gasteiger partial charge in [-0.25, -0.2) is 4.68 Å². The van der Waals surface area contributed by atoms with Crippen LogP contribution in [0, 0.1) is 0 Å². The molecule has 0 radical (unpaired) electrons. The van der Waals surface area contributed by atoms with E-state index in [2.05, 4.69) is 22.4 Å². The molecular formula is C13H18N4. The quantitative estimate of drug-likeness (QED) is 0.717. The number of unbranched alkanes of at least 4 members (excludes halogenated alkanes) is 3. The van der Waals surface area contributed by atoms with E-state index in [1.54, 1.807) is 0 Å². The smallest absolute Gasteiger partial charge is 0.182 e. The lowest BCUT2D eigenvalue weighted by atomic mass is 10.2. The fourth-order valence-electron chi connectivity index (χ4n) is 1.84. The second kappa shape index (κ2) is 6.13. The number of benzene rings is 1. The molecule has 0 bridgehead atoms. The molecule has 1 aromatic heterocycles. The lowest BCUT2D eigenvalue weighted by Gasteiger charge is -2.04. The van der Waals surface area contributed by atoms with E-state index in [1.165, 1.54) is 19.3 Å². The maximum Gasteiger partial charge on any atom is 0.182 e. The van der Waals surface area contributed by atoms with Crippen LogP contribution >= 0.6 is 0 Å². The highest BCUT2D eigenvalue weighted by Gasteiger charge is 2.07. The van der Waals surface area contributed by atoms with Gasteiger partial charge in [-0.2, -0.15) is 0 Å². The van der Waals surface area contributed by atoms with Crippen molar-refractivity contribution in [2.24, 2.45) is 0 Å². The van der Waals surface area contributed by atoms with Gasteiger partial charge in [-0.1, -0.05) is 56.5 Å². The van der Waals surface area contributed by atoms with Crippen LogP contribution in [-0.4, -0.2) is 20.2 Å². The monoisotopic (exact) mass is 230 g/mol. The fraction of sp³-hybridized carbons (Fsp3) is 0.462. The highest BCUT2D eigenvalue weighted by atomic mass is 15.5. The second-order valence-corrected chi connectivity index (χ2v) is 4.15. The number of hydrogen-bond donors (Lipinski definition) is 0. The molecule has 0 aliphatic rings. The predicted octanol–water partition coefficient (Wildman–Crippen LogP) is 2.92. The molecule has 0 saturated heterocycles. The van der Waals surface area contributed by atoms with Crippen molar-refractivity contribution >= 4 is 0 Å². The Morgan fingerprint density at radius 2 is 1.88 bits per heavy atom. The normalized spacial score (nSPS) is 10.6. The molecule has 17 heavy (non-hydrogen) atoms. The van der Waals surface area contributed by atoms with Gasteiger partial charge in [0.05, 0.1) is 0 Å². The zero-order chi connectivity index (χ0) is 11.9. The van der Waals surface area contributed by atoms with E-state index in [1.807, 2.05) is 35.0 Å². The summed E-state index contributed by atoms with van der Waals surface area (Å²) in [6.45, 7) is 3.11. The Morgan fingerprint density at radius 1 is 1.06 bits per heavy atom. The SMILES string of the molecule is CCCCCCn1nnnc1-c1ccccc1. The Hall–Kier alpha value is -1.71. The van der Waals surface area contributed by atoms with Gasteiger partial charge in [-0.15, -0.1) is 5.10 Å². The molecule has 1 heterocycles. The molecule has 2 aromatic rings. The summed E-state index contributed by atoms with van der Waals surface area (Å²) in [5, 5.41) is 11.9. The Labute approximate surface area is 102 Å². The molecule has 0 aliphatic heterocycles. The summed E-state index contributed by atoms with van der Waals surface area (Å²) in [4.78, 5) is 0. The van der Waals surface area contributed by atoms with Crippen molar-refractivity contribution in [2.75, 3.05) is 0 Å². The van der Waals surface area contributed by atoms with Gasteiger partial charge in [0.25, 0.3) is 0 Å². The van der Waals surface area contributed by atoms with Crippen LogP contribution < -0.4 is 0 Å². The molecule has 1 aromatic carbocycles. The van der Waals surface area contributed by atoms with Crippen molar-refractivity contribution in [2.45, 2.75) is 39.2 Å². The predicted molar refractivity (Wildman–Crippen MR) is 67.4 cm³/mol. The van der Waals surface area contributed by atoms with Crippen molar-refractivity contribution in [1.29, 1.82) is 0 Å². The fourth-order valence-corrected chi connectivity index (χ4v) is 1.84. The number of rotatable bonds is 6. The summed E-state index contributed by atoms with van der Waals surface area (Å²) in [5.41, 5.74) is 1.08. The minimum atomic E-state index is 0.863. The van der Waals surface area contributed by atoms with Crippen molar-refractivity contribution in [3.63, 3.8) is 0 Å². The molecule has 0 amide bonds. The average molecular weight is 230 g/mol. The highest BCUT2D eigenvalue weighted by Crippen LogP contribution is 2.15. The second-order valence-electron chi connectivity index (χ2n) is 4.15. The van der Waals surface area contributed by atoms with Gasteiger partial charge < -0.3 is 0 Å². The molecule has 2 rings (SSSR count). The van der Waals surface area contributed by atoms with Crippen LogP contribution in [0.5, 0.6) is 0 Å². The minimum absolute atomic E-state index is 0.863. The Balaban J connectivity index is 2.02. The van der Waals surface area contributed by atoms with Gasteiger partial charge in [-0.05, 0) is 16.8 Å². The van der Waals surface area contributed by atoms with Gasteiger partial charge in [0.1, 0.15) is 0 Å². The lowest BCUT2D eigenvalue weighted by Crippen LogP contribution is -2.03. The molecule has 4 heteroatoms. The van der Waals surface area contributed by atoms with Crippen molar-refractivity contribution in [1.82, 2.24) is 20.2 Å². The summed E-state index contributed by atoms with van der Waals surface area (Å²) in [6.07, 6.45) is 4.91. The molecule has 0 saturated carbocycles. The van der Waals surface area contributed by atoms with E-state index in [0.29, 0.717) is 0 Å². The van der Waals surface area contributed by atoms with E-state index in [-0.39, 0.29) is 0 Å². The van der Waals surface area contributed by atoms with Gasteiger partial charge in [0, 0.05) is 12.1 Å². The first kappa shape index (κ1) is 11.8. The van der Waals surface area contributed by atoms with Gasteiger partial charge in [-0.3, -0.25) is 0 Å². The number of aromatic nitrogens is 4. The summed E-state index contributed by atoms with van der Waals surface area (Å²) >= 11 is 0. The number of nitrogens with zero attached hydrogens (tertiary/aromatic N) is 4. The number of aryl methyl sites for hydroxylation is 1. The zero-order valence-corrected chi connectivity index (χ0v) is 10.2. The van der Waals surface area contributed by atoms with Crippen LogP contribution in [0.4, 0.5) is 0 Å². The topological polar surface area (TPSA) is 43.6 Å². The first-order chi connectivity index (χ1) is 8.42. The Bertz CT molecular complexity index is 436. The summed E-state index contributed by atoms with van der Waals surface area (Å²) < 4.78 is 1.89. The first-order valence-electron chi connectivity index (χ1n) is 6.23. The molecule has 0 spiro atoms. The molecule has 90 valence electrons. The van der Waals surface area contributed by atoms with Crippen LogP contribution in [0.25, 0.3) is 11.4 Å². The maximum absolute atomic E-state index is 4.09. The molecule has 0 unspecified atom stereocenters. The van der Waals surface area contributed by atoms with E-state index in [0.717, 1.165) is 24.4 Å². The van der Waals surface area contributed by atoms with Crippen LogP contribution in [0.2, 0.25) is 0 Å². The Kier molecular flexibility index (Phi) is 4.24. The summed E-state index contributed by atoms with van der Waals surface area (Å²) in [6, 6.07) is 10.1. The zero-order valence-electron chi connectivity index (χ0n) is 10.2. The minimum Gasteiger partial charge on any atom is -0.225 e. The molecule has 0 fully saturated rings. The molecule has 0 aliphatic carbocycles. The van der Waals surface area contributed by atoms with Gasteiger partial charge in [0.15, 0.2) is 5.82 Å². The summed E-state index contributed by atoms with van der Waals surface area (Å²) in [7, 11) is 0. The van der Waals surface area contributed by atoms with E-state index < -0.39 is 0 Å². The van der Waals surface area contributed by atoms with E-state index >= 15 is 0 Å². The number of hydrogen-bond acceptors (Lipinski definition) is 3. The first-order valence-corrected chi connectivity index (χ1v) is 6.23. The largest absolute Gasteiger partial charge is 0.225 e. The van der Waals surface area contributed by atoms with Gasteiger partial charge in [0.2, 0.25) is 0 Å². The van der Waals surface area contributed by atoms with Crippen molar-refractivity contribution in [3.05, 3.63) is 30.3 Å². The summed E-state index contributed by atoms with van der Waals surface area (Å²) in [5.74, 6) is 0.863. The Morgan fingerprint density at radius 3 is 2.65 bits per heavy atom. The lowest BCUT2D eigenvalue weighted by molar-refractivity contribution is 0.531. The standard InChI is InChI=1S/C13H18N4/c1-2-3-4-8-11-17-13(14-15-16-17)12-9-6-5-7-10-12/h5-7,9-10H,2-4,8,11H2,1H3. The molecule has 4 nitrogen and oxygen atoms in total. The van der Waals surface area contributed by atoms with Crippen LogP contribution in [0.15, 0.2) is 30.3 Å². The van der Waals surface area contributed by atoms with E-state index in [4.69, 9.17) is 0 Å². The third-order valence-electron chi connectivity index (χ3n) is 2.79. The maximum atomic E-state index is 4.09. The van der Waals surface area contributed by atoms with Crippen LogP contribution in [-0.2, 0) is 6.54 Å². The van der Waals surface area contributed by atoms with E-state index in [9.17, 15) is 0 Å². The highest BCUT2D eigenvalue weighted by molar-refractivity contribution is 5.53. The average Bonchev–Trinajstić information content (AvgIpc) is 2.84. The molecular weight excluding hydrogens is 212 g/mol. The third-order valence-corrected chi connectivity index (χ3v) is 2.79. The van der Waals surface area contributed by atoms with Gasteiger partial charge >= 0.3 is 0 Å². The number of tetrazole rings is 1. The third kappa shape index (κ3) is 3.12. The van der Waals surface area contributed by atoms with Crippen molar-refractivity contribution in [3.8, 4) is 11.4 Å².